The van der Waals surface area contributed by atoms with Crippen LogP contribution >= 0.6 is 27.3 Å². The molecule has 4 rings (SSSR count). The molecule has 0 bridgehead atoms. The monoisotopic (exact) mass is 384 g/mol. The molecular weight excluding hydrogens is 376 g/mol. The van der Waals surface area contributed by atoms with Crippen LogP contribution in [0.5, 0.6) is 0 Å². The molecule has 2 aromatic heterocycles. The van der Waals surface area contributed by atoms with Gasteiger partial charge in [-0.15, -0.1) is 11.3 Å². The summed E-state index contributed by atoms with van der Waals surface area (Å²) in [7, 11) is 0. The maximum absolute atomic E-state index is 11.2. The summed E-state index contributed by atoms with van der Waals surface area (Å²) in [6.07, 6.45) is 1.44. The molecule has 2 aromatic carbocycles. The number of pyridine rings is 1. The number of halogens is 1. The zero-order valence-corrected chi connectivity index (χ0v) is 14.1. The highest BCUT2D eigenvalue weighted by molar-refractivity contribution is 9.10. The van der Waals surface area contributed by atoms with E-state index in [0.717, 1.165) is 25.5 Å². The second-order valence-electron chi connectivity index (χ2n) is 5.09. The van der Waals surface area contributed by atoms with Crippen LogP contribution in [0.25, 0.3) is 31.3 Å². The number of benzene rings is 2. The van der Waals surface area contributed by atoms with Crippen molar-refractivity contribution in [2.75, 3.05) is 0 Å². The fourth-order valence-corrected chi connectivity index (χ4v) is 4.32. The van der Waals surface area contributed by atoms with E-state index in [2.05, 4.69) is 33.0 Å². The van der Waals surface area contributed by atoms with Crippen LogP contribution in [0, 0.1) is 10.1 Å². The number of thiophene rings is 1. The smallest absolute Gasteiger partial charge is 0.358 e. The molecule has 2 heterocycles. The second-order valence-corrected chi connectivity index (χ2v) is 7.08. The van der Waals surface area contributed by atoms with Crippen LogP contribution in [0.3, 0.4) is 0 Å². The molecule has 0 aliphatic rings. The van der Waals surface area contributed by atoms with Gasteiger partial charge in [-0.1, -0.05) is 28.1 Å². The molecule has 0 radical (unpaired) electrons. The molecule has 0 saturated heterocycles. The minimum atomic E-state index is -0.442. The molecule has 6 heteroatoms. The van der Waals surface area contributed by atoms with Crippen molar-refractivity contribution in [1.29, 1.82) is 0 Å². The third kappa shape index (κ3) is 2.40. The summed E-state index contributed by atoms with van der Waals surface area (Å²) in [5.74, 6) is -0.117. The average Bonchev–Trinajstić information content (AvgIpc) is 2.91. The number of nitrogens with zero attached hydrogens (tertiary/aromatic N) is 2. The van der Waals surface area contributed by atoms with Crippen molar-refractivity contribution in [3.63, 3.8) is 0 Å². The van der Waals surface area contributed by atoms with Crippen LogP contribution in [-0.2, 0) is 0 Å². The Hall–Kier alpha value is -2.31. The third-order valence-corrected chi connectivity index (χ3v) is 5.33. The van der Waals surface area contributed by atoms with Crippen LogP contribution in [0.1, 0.15) is 0 Å². The summed E-state index contributed by atoms with van der Waals surface area (Å²) in [4.78, 5) is 14.6. The number of fused-ring (bicyclic) bond motifs is 3. The van der Waals surface area contributed by atoms with Crippen molar-refractivity contribution in [2.45, 2.75) is 0 Å². The number of aromatic nitrogens is 1. The van der Waals surface area contributed by atoms with Gasteiger partial charge in [0, 0.05) is 24.6 Å². The first kappa shape index (κ1) is 14.3. The van der Waals surface area contributed by atoms with E-state index in [1.165, 1.54) is 10.9 Å². The van der Waals surface area contributed by atoms with Crippen molar-refractivity contribution >= 4 is 53.3 Å². The van der Waals surface area contributed by atoms with E-state index in [9.17, 15) is 10.1 Å². The van der Waals surface area contributed by atoms with Gasteiger partial charge in [-0.2, -0.15) is 0 Å². The summed E-state index contributed by atoms with van der Waals surface area (Å²) in [6.45, 7) is 0. The quantitative estimate of drug-likeness (QED) is 0.324. The van der Waals surface area contributed by atoms with E-state index in [-0.39, 0.29) is 5.82 Å². The van der Waals surface area contributed by atoms with Gasteiger partial charge in [0.1, 0.15) is 6.20 Å². The molecule has 0 spiro atoms. The van der Waals surface area contributed by atoms with Crippen molar-refractivity contribution in [1.82, 2.24) is 4.98 Å². The molecule has 0 fully saturated rings. The van der Waals surface area contributed by atoms with Gasteiger partial charge < -0.3 is 10.1 Å². The second kappa shape index (κ2) is 5.40. The van der Waals surface area contributed by atoms with Crippen LogP contribution < -0.4 is 0 Å². The molecule has 23 heavy (non-hydrogen) atoms. The molecule has 112 valence electrons. The predicted molar refractivity (Wildman–Crippen MR) is 96.9 cm³/mol. The Labute approximate surface area is 143 Å². The summed E-state index contributed by atoms with van der Waals surface area (Å²) >= 11 is 5.20. The fraction of sp³-hybridized carbons (Fsp3) is 0. The Kier molecular flexibility index (Phi) is 3.36. The van der Waals surface area contributed by atoms with Crippen LogP contribution in [0.15, 0.2) is 59.2 Å². The zero-order valence-electron chi connectivity index (χ0n) is 11.7. The summed E-state index contributed by atoms with van der Waals surface area (Å²) < 4.78 is 3.39. The van der Waals surface area contributed by atoms with Gasteiger partial charge >= 0.3 is 5.82 Å². The Morgan fingerprint density at radius 1 is 1.04 bits per heavy atom. The van der Waals surface area contributed by atoms with Crippen molar-refractivity contribution in [3.05, 3.63) is 69.3 Å². The highest BCUT2D eigenvalue weighted by Gasteiger charge is 2.16. The average molecular weight is 385 g/mol. The molecule has 0 atom stereocenters. The minimum Gasteiger partial charge on any atom is -0.358 e. The minimum absolute atomic E-state index is 0.117. The van der Waals surface area contributed by atoms with Crippen molar-refractivity contribution in [3.8, 4) is 11.1 Å². The SMILES string of the molecule is O=[N+]([O-])c1ncccc1-c1ccc2sc3cc(Br)ccc3c2c1. The number of hydrogen-bond donors (Lipinski definition) is 0. The standard InChI is InChI=1S/C17H9BrN2O2S/c18-11-4-5-13-14-8-10(3-6-15(14)23-16(13)9-11)12-2-1-7-19-17(12)20(21)22/h1-9H. The molecule has 4 nitrogen and oxygen atoms in total. The Balaban J connectivity index is 1.99. The molecule has 0 aliphatic carbocycles. The van der Waals surface area contributed by atoms with Gasteiger partial charge in [0.25, 0.3) is 0 Å². The summed E-state index contributed by atoms with van der Waals surface area (Å²) in [5, 5.41) is 13.5. The molecule has 0 saturated carbocycles. The molecule has 0 N–H and O–H groups in total. The lowest BCUT2D eigenvalue weighted by Gasteiger charge is -2.03. The van der Waals surface area contributed by atoms with Gasteiger partial charge in [-0.25, -0.2) is 0 Å². The lowest BCUT2D eigenvalue weighted by Crippen LogP contribution is -1.94. The first-order valence-electron chi connectivity index (χ1n) is 6.85. The van der Waals surface area contributed by atoms with E-state index in [1.54, 1.807) is 23.5 Å². The van der Waals surface area contributed by atoms with E-state index in [4.69, 9.17) is 0 Å². The van der Waals surface area contributed by atoms with Gasteiger partial charge in [-0.3, -0.25) is 0 Å². The number of hydrogen-bond acceptors (Lipinski definition) is 4. The summed E-state index contributed by atoms with van der Waals surface area (Å²) in [5.41, 5.74) is 1.34. The normalized spacial score (nSPS) is 11.2. The molecule has 0 unspecified atom stereocenters. The van der Waals surface area contributed by atoms with Crippen LogP contribution in [0.2, 0.25) is 0 Å². The van der Waals surface area contributed by atoms with Gasteiger partial charge in [0.15, 0.2) is 0 Å². The maximum Gasteiger partial charge on any atom is 0.371 e. The number of nitro groups is 1. The molecule has 0 aliphatic heterocycles. The van der Waals surface area contributed by atoms with Gasteiger partial charge in [-0.05, 0) is 51.9 Å². The number of rotatable bonds is 2. The largest absolute Gasteiger partial charge is 0.371 e. The van der Waals surface area contributed by atoms with E-state index >= 15 is 0 Å². The lowest BCUT2D eigenvalue weighted by molar-refractivity contribution is -0.388. The summed E-state index contributed by atoms with van der Waals surface area (Å²) in [6, 6.07) is 15.6. The first-order chi connectivity index (χ1) is 11.1. The maximum atomic E-state index is 11.2. The Morgan fingerprint density at radius 2 is 1.91 bits per heavy atom. The lowest BCUT2D eigenvalue weighted by atomic mass is 10.0. The fourth-order valence-electron chi connectivity index (χ4n) is 2.69. The molecule has 0 amide bonds. The molecular formula is C17H9BrN2O2S. The van der Waals surface area contributed by atoms with Crippen LogP contribution in [-0.4, -0.2) is 9.91 Å². The van der Waals surface area contributed by atoms with Crippen molar-refractivity contribution in [2.24, 2.45) is 0 Å². The van der Waals surface area contributed by atoms with E-state index in [1.807, 2.05) is 24.3 Å². The van der Waals surface area contributed by atoms with E-state index in [0.29, 0.717) is 5.56 Å². The topological polar surface area (TPSA) is 56.0 Å². The zero-order chi connectivity index (χ0) is 16.0. The Bertz CT molecular complexity index is 1070. The van der Waals surface area contributed by atoms with Crippen LogP contribution in [0.4, 0.5) is 5.82 Å². The van der Waals surface area contributed by atoms with Crippen molar-refractivity contribution < 1.29 is 4.92 Å². The highest BCUT2D eigenvalue weighted by atomic mass is 79.9. The predicted octanol–water partition coefficient (Wildman–Crippen LogP) is 5.79. The Morgan fingerprint density at radius 3 is 2.74 bits per heavy atom. The third-order valence-electron chi connectivity index (χ3n) is 3.70. The first-order valence-corrected chi connectivity index (χ1v) is 8.46. The van der Waals surface area contributed by atoms with Gasteiger partial charge in [0.05, 0.1) is 5.56 Å². The van der Waals surface area contributed by atoms with Gasteiger partial charge in [0.2, 0.25) is 0 Å². The highest BCUT2D eigenvalue weighted by Crippen LogP contribution is 2.38. The van der Waals surface area contributed by atoms with E-state index < -0.39 is 4.92 Å². The molecule has 4 aromatic rings.